The molecular weight excluding hydrogens is 568 g/mol. The lowest BCUT2D eigenvalue weighted by atomic mass is 10.0. The molecule has 0 heterocycles. The number of rotatable bonds is 33. The highest BCUT2D eigenvalue weighted by Crippen LogP contribution is 2.15. The standard InChI is InChI=1S/2C18H36O2.C2H6O2.H2O/c2*1-2-3-4-5-6-7-8-9-10-11-12-13-14-15-16-17-18(19)20;3-1-2-4;/h2*2-17H2,1H3,(H,19,20);3-4H,1-2H2;1H2. The van der Waals surface area contributed by atoms with Crippen molar-refractivity contribution in [3.63, 3.8) is 0 Å². The molecule has 45 heavy (non-hydrogen) atoms. The van der Waals surface area contributed by atoms with E-state index in [1.165, 1.54) is 167 Å². The number of carboxylic acid groups (broad SMARTS) is 2. The monoisotopic (exact) mass is 649 g/mol. The average Bonchev–Trinajstić information content (AvgIpc) is 3.01. The second kappa shape index (κ2) is 49.7. The minimum absolute atomic E-state index is 0. The first-order valence-electron chi connectivity index (χ1n) is 19.1. The summed E-state index contributed by atoms with van der Waals surface area (Å²) >= 11 is 0. The van der Waals surface area contributed by atoms with E-state index in [-0.39, 0.29) is 18.7 Å². The quantitative estimate of drug-likeness (QED) is 0.0521. The number of aliphatic hydroxyl groups excluding tert-OH is 2. The minimum Gasteiger partial charge on any atom is -0.481 e. The van der Waals surface area contributed by atoms with Crippen LogP contribution < -0.4 is 0 Å². The van der Waals surface area contributed by atoms with Crippen molar-refractivity contribution >= 4 is 11.9 Å². The van der Waals surface area contributed by atoms with Gasteiger partial charge in [-0.25, -0.2) is 0 Å². The smallest absolute Gasteiger partial charge is 0.303 e. The summed E-state index contributed by atoms with van der Waals surface area (Å²) in [4.78, 5) is 20.7. The molecule has 0 aromatic rings. The van der Waals surface area contributed by atoms with Crippen molar-refractivity contribution in [3.05, 3.63) is 0 Å². The molecule has 274 valence electrons. The van der Waals surface area contributed by atoms with Gasteiger partial charge in [0.15, 0.2) is 0 Å². The Labute approximate surface area is 279 Å². The summed E-state index contributed by atoms with van der Waals surface area (Å²) in [5.74, 6) is -1.31. The van der Waals surface area contributed by atoms with Gasteiger partial charge in [0, 0.05) is 12.8 Å². The Kier molecular flexibility index (Phi) is 56.0. The second-order valence-corrected chi connectivity index (χ2v) is 12.6. The summed E-state index contributed by atoms with van der Waals surface area (Å²) < 4.78 is 0. The number of hydrogen-bond donors (Lipinski definition) is 4. The topological polar surface area (TPSA) is 147 Å². The van der Waals surface area contributed by atoms with Crippen molar-refractivity contribution in [3.8, 4) is 0 Å². The zero-order valence-electron chi connectivity index (χ0n) is 30.1. The van der Waals surface area contributed by atoms with Crippen molar-refractivity contribution in [1.82, 2.24) is 0 Å². The second-order valence-electron chi connectivity index (χ2n) is 12.6. The van der Waals surface area contributed by atoms with Crippen LogP contribution >= 0.6 is 0 Å². The molecule has 0 aliphatic heterocycles. The highest BCUT2D eigenvalue weighted by atomic mass is 16.4. The van der Waals surface area contributed by atoms with Crippen LogP contribution in [0, 0.1) is 0 Å². The van der Waals surface area contributed by atoms with Gasteiger partial charge in [0.2, 0.25) is 0 Å². The fraction of sp³-hybridized carbons (Fsp3) is 0.947. The Morgan fingerprint density at radius 1 is 0.333 bits per heavy atom. The minimum atomic E-state index is -0.653. The van der Waals surface area contributed by atoms with E-state index < -0.39 is 11.9 Å². The summed E-state index contributed by atoms with van der Waals surface area (Å²) in [7, 11) is 0. The predicted octanol–water partition coefficient (Wildman–Crippen LogP) is 10.8. The first kappa shape index (κ1) is 50.7. The Morgan fingerprint density at radius 3 is 0.622 bits per heavy atom. The highest BCUT2D eigenvalue weighted by Gasteiger charge is 1.98. The Balaban J connectivity index is -0.000000327. The van der Waals surface area contributed by atoms with Gasteiger partial charge < -0.3 is 25.9 Å². The molecule has 0 fully saturated rings. The van der Waals surface area contributed by atoms with Crippen LogP contribution in [0.25, 0.3) is 0 Å². The number of unbranched alkanes of at least 4 members (excludes halogenated alkanes) is 28. The summed E-state index contributed by atoms with van der Waals surface area (Å²) in [6.07, 6.45) is 40.4. The van der Waals surface area contributed by atoms with E-state index in [0.717, 1.165) is 25.7 Å². The van der Waals surface area contributed by atoms with Crippen LogP contribution in [0.5, 0.6) is 0 Å². The molecule has 0 amide bonds. The normalized spacial score (nSPS) is 10.3. The van der Waals surface area contributed by atoms with Crippen LogP contribution in [0.1, 0.15) is 219 Å². The van der Waals surface area contributed by atoms with Gasteiger partial charge in [-0.15, -0.1) is 0 Å². The molecule has 0 aliphatic rings. The summed E-state index contributed by atoms with van der Waals surface area (Å²) in [6, 6.07) is 0. The zero-order valence-corrected chi connectivity index (χ0v) is 30.1. The lowest BCUT2D eigenvalue weighted by Crippen LogP contribution is -1.93. The molecule has 0 saturated carbocycles. The van der Waals surface area contributed by atoms with Gasteiger partial charge in [0.1, 0.15) is 0 Å². The molecule has 7 nitrogen and oxygen atoms in total. The fourth-order valence-electron chi connectivity index (χ4n) is 5.30. The lowest BCUT2D eigenvalue weighted by Gasteiger charge is -2.03. The van der Waals surface area contributed by atoms with E-state index in [1.54, 1.807) is 0 Å². The van der Waals surface area contributed by atoms with Crippen LogP contribution in [-0.2, 0) is 9.59 Å². The lowest BCUT2D eigenvalue weighted by molar-refractivity contribution is -0.138. The van der Waals surface area contributed by atoms with Gasteiger partial charge in [-0.05, 0) is 12.8 Å². The molecule has 6 N–H and O–H groups in total. The van der Waals surface area contributed by atoms with E-state index in [9.17, 15) is 9.59 Å². The van der Waals surface area contributed by atoms with Crippen molar-refractivity contribution in [2.24, 2.45) is 0 Å². The number of hydrogen-bond acceptors (Lipinski definition) is 4. The van der Waals surface area contributed by atoms with Gasteiger partial charge in [0.25, 0.3) is 0 Å². The largest absolute Gasteiger partial charge is 0.481 e. The third-order valence-corrected chi connectivity index (χ3v) is 8.09. The Bertz CT molecular complexity index is 482. The van der Waals surface area contributed by atoms with E-state index in [2.05, 4.69) is 13.8 Å². The maximum Gasteiger partial charge on any atom is 0.303 e. The number of aliphatic carboxylic acids is 2. The summed E-state index contributed by atoms with van der Waals surface area (Å²) in [5.41, 5.74) is 0. The number of carboxylic acids is 2. The number of aliphatic hydroxyl groups is 2. The molecule has 0 aliphatic carbocycles. The molecule has 0 aromatic heterocycles. The Hall–Kier alpha value is -1.18. The molecule has 0 aromatic carbocycles. The molecule has 0 atom stereocenters. The van der Waals surface area contributed by atoms with Crippen LogP contribution in [0.3, 0.4) is 0 Å². The average molecular weight is 649 g/mol. The van der Waals surface area contributed by atoms with E-state index in [4.69, 9.17) is 20.4 Å². The maximum absolute atomic E-state index is 10.3. The zero-order chi connectivity index (χ0) is 33.2. The van der Waals surface area contributed by atoms with Crippen molar-refractivity contribution in [2.45, 2.75) is 219 Å². The highest BCUT2D eigenvalue weighted by molar-refractivity contribution is 5.66. The molecular formula is C38H80O7. The summed E-state index contributed by atoms with van der Waals surface area (Å²) in [5, 5.41) is 32.3. The van der Waals surface area contributed by atoms with E-state index >= 15 is 0 Å². The van der Waals surface area contributed by atoms with Gasteiger partial charge in [-0.1, -0.05) is 194 Å². The first-order valence-corrected chi connectivity index (χ1v) is 19.1. The van der Waals surface area contributed by atoms with Gasteiger partial charge >= 0.3 is 11.9 Å². The number of carbonyl (C=O) groups is 2. The van der Waals surface area contributed by atoms with Gasteiger partial charge in [-0.2, -0.15) is 0 Å². The van der Waals surface area contributed by atoms with Crippen LogP contribution in [0.4, 0.5) is 0 Å². The van der Waals surface area contributed by atoms with E-state index in [1.807, 2.05) is 0 Å². The third kappa shape index (κ3) is 62.4. The van der Waals surface area contributed by atoms with Crippen molar-refractivity contribution in [2.75, 3.05) is 13.2 Å². The van der Waals surface area contributed by atoms with E-state index in [0.29, 0.717) is 12.8 Å². The van der Waals surface area contributed by atoms with Gasteiger partial charge in [0.05, 0.1) is 13.2 Å². The van der Waals surface area contributed by atoms with Gasteiger partial charge in [-0.3, -0.25) is 9.59 Å². The molecule has 7 heteroatoms. The van der Waals surface area contributed by atoms with Crippen LogP contribution in [-0.4, -0.2) is 51.1 Å². The Morgan fingerprint density at radius 2 is 0.489 bits per heavy atom. The molecule has 0 saturated heterocycles. The molecule has 0 radical (unpaired) electrons. The maximum atomic E-state index is 10.3. The van der Waals surface area contributed by atoms with Crippen molar-refractivity contribution in [1.29, 1.82) is 0 Å². The predicted molar refractivity (Wildman–Crippen MR) is 192 cm³/mol. The molecule has 0 spiro atoms. The third-order valence-electron chi connectivity index (χ3n) is 8.09. The molecule has 0 unspecified atom stereocenters. The molecule has 0 bridgehead atoms. The molecule has 0 rings (SSSR count). The van der Waals surface area contributed by atoms with Crippen LogP contribution in [0.2, 0.25) is 0 Å². The first-order chi connectivity index (χ1) is 21.5. The van der Waals surface area contributed by atoms with Crippen molar-refractivity contribution < 1.29 is 35.5 Å². The summed E-state index contributed by atoms with van der Waals surface area (Å²) in [6.45, 7) is 4.29. The fourth-order valence-corrected chi connectivity index (χ4v) is 5.30. The SMILES string of the molecule is CCCCCCCCCCCCCCCCCC(=O)O.CCCCCCCCCCCCCCCCCC(=O)O.O.OCCO. The van der Waals surface area contributed by atoms with Crippen LogP contribution in [0.15, 0.2) is 0 Å².